The second-order valence-electron chi connectivity index (χ2n) is 8.95. The quantitative estimate of drug-likeness (QED) is 0.568. The van der Waals surface area contributed by atoms with Crippen LogP contribution in [0.25, 0.3) is 11.3 Å². The molecule has 2 aliphatic heterocycles. The first kappa shape index (κ1) is 22.5. The predicted molar refractivity (Wildman–Crippen MR) is 128 cm³/mol. The van der Waals surface area contributed by atoms with E-state index >= 15 is 0 Å². The molecule has 1 aromatic carbocycles. The number of piperidine rings is 1. The molecule has 0 atom stereocenters. The molecule has 0 spiro atoms. The normalized spacial score (nSPS) is 16.3. The Hall–Kier alpha value is -3.33. The van der Waals surface area contributed by atoms with Crippen molar-refractivity contribution in [3.8, 4) is 17.0 Å². The average molecular weight is 467 g/mol. The minimum absolute atomic E-state index is 0.0211. The van der Waals surface area contributed by atoms with E-state index in [1.807, 2.05) is 30.9 Å². The molecule has 0 aliphatic carbocycles. The second kappa shape index (κ2) is 9.50. The van der Waals surface area contributed by atoms with Crippen molar-refractivity contribution in [1.29, 1.82) is 0 Å². The summed E-state index contributed by atoms with van der Waals surface area (Å²) in [6, 6.07) is 7.05. The minimum atomic E-state index is -0.628. The van der Waals surface area contributed by atoms with Crippen molar-refractivity contribution in [2.75, 3.05) is 36.5 Å². The fourth-order valence-electron chi connectivity index (χ4n) is 4.57. The topological polar surface area (TPSA) is 75.2 Å². The van der Waals surface area contributed by atoms with Gasteiger partial charge < -0.3 is 20.3 Å². The highest BCUT2D eigenvalue weighted by Crippen LogP contribution is 2.39. The first-order valence-corrected chi connectivity index (χ1v) is 11.7. The molecule has 0 amide bonds. The highest BCUT2D eigenvalue weighted by atomic mass is 19.1. The SMILES string of the molecule is CC(C)N1CCOc2c(F)cc(-c3nc(Nc4ccc(C5CCNCC5)nc4)ncc3F)cc21. The van der Waals surface area contributed by atoms with Crippen LogP contribution in [0.2, 0.25) is 0 Å². The van der Waals surface area contributed by atoms with Crippen LogP contribution in [0, 0.1) is 11.6 Å². The third-order valence-electron chi connectivity index (χ3n) is 6.35. The van der Waals surface area contributed by atoms with E-state index in [-0.39, 0.29) is 23.4 Å². The zero-order valence-corrected chi connectivity index (χ0v) is 19.3. The molecule has 0 saturated carbocycles. The molecule has 5 rings (SSSR count). The number of nitrogens with one attached hydrogen (secondary N) is 2. The number of hydrogen-bond acceptors (Lipinski definition) is 7. The summed E-state index contributed by atoms with van der Waals surface area (Å²) in [4.78, 5) is 15.0. The summed E-state index contributed by atoms with van der Waals surface area (Å²) in [5, 5.41) is 6.44. The smallest absolute Gasteiger partial charge is 0.227 e. The molecule has 3 aromatic rings. The lowest BCUT2D eigenvalue weighted by atomic mass is 9.94. The second-order valence-corrected chi connectivity index (χ2v) is 8.95. The van der Waals surface area contributed by atoms with Crippen LogP contribution in [0.5, 0.6) is 5.75 Å². The Bertz CT molecular complexity index is 1160. The molecular formula is C25H28F2N6O. The van der Waals surface area contributed by atoms with E-state index in [1.54, 1.807) is 12.3 Å². The third kappa shape index (κ3) is 4.52. The number of halogens is 2. The van der Waals surface area contributed by atoms with Crippen LogP contribution < -0.4 is 20.3 Å². The minimum Gasteiger partial charge on any atom is -0.486 e. The van der Waals surface area contributed by atoms with Gasteiger partial charge in [-0.05, 0) is 64.0 Å². The zero-order valence-electron chi connectivity index (χ0n) is 19.3. The lowest BCUT2D eigenvalue weighted by molar-refractivity contribution is 0.287. The van der Waals surface area contributed by atoms with Gasteiger partial charge in [0.25, 0.3) is 0 Å². The Kier molecular flexibility index (Phi) is 6.28. The lowest BCUT2D eigenvalue weighted by Crippen LogP contribution is -2.38. The van der Waals surface area contributed by atoms with Crippen molar-refractivity contribution in [3.63, 3.8) is 0 Å². The van der Waals surface area contributed by atoms with E-state index in [2.05, 4.69) is 25.6 Å². The molecule has 0 radical (unpaired) electrons. The Labute approximate surface area is 197 Å². The van der Waals surface area contributed by atoms with E-state index in [1.165, 1.54) is 6.07 Å². The molecule has 0 bridgehead atoms. The Morgan fingerprint density at radius 2 is 1.91 bits per heavy atom. The van der Waals surface area contributed by atoms with E-state index < -0.39 is 11.6 Å². The van der Waals surface area contributed by atoms with Crippen LogP contribution in [0.3, 0.4) is 0 Å². The Morgan fingerprint density at radius 3 is 2.65 bits per heavy atom. The number of aromatic nitrogens is 3. The third-order valence-corrected chi connectivity index (χ3v) is 6.35. The van der Waals surface area contributed by atoms with Crippen molar-refractivity contribution in [1.82, 2.24) is 20.3 Å². The first-order chi connectivity index (χ1) is 16.5. The molecule has 1 fully saturated rings. The number of rotatable bonds is 5. The molecule has 0 unspecified atom stereocenters. The van der Waals surface area contributed by atoms with Gasteiger partial charge in [-0.2, -0.15) is 0 Å². The Balaban J connectivity index is 1.41. The van der Waals surface area contributed by atoms with Gasteiger partial charge in [-0.3, -0.25) is 4.98 Å². The van der Waals surface area contributed by atoms with Crippen LogP contribution >= 0.6 is 0 Å². The molecule has 2 aromatic heterocycles. The summed E-state index contributed by atoms with van der Waals surface area (Å²) < 4.78 is 35.2. The predicted octanol–water partition coefficient (Wildman–Crippen LogP) is 4.63. The van der Waals surface area contributed by atoms with Gasteiger partial charge >= 0.3 is 0 Å². The van der Waals surface area contributed by atoms with Gasteiger partial charge in [-0.15, -0.1) is 0 Å². The van der Waals surface area contributed by atoms with Crippen molar-refractivity contribution in [2.45, 2.75) is 38.6 Å². The molecule has 4 heterocycles. The fourth-order valence-corrected chi connectivity index (χ4v) is 4.57. The number of pyridine rings is 1. The van der Waals surface area contributed by atoms with Crippen LogP contribution in [-0.4, -0.2) is 47.2 Å². The molecule has 1 saturated heterocycles. The number of hydrogen-bond donors (Lipinski definition) is 2. The van der Waals surface area contributed by atoms with E-state index in [0.717, 1.165) is 37.8 Å². The maximum Gasteiger partial charge on any atom is 0.227 e. The van der Waals surface area contributed by atoms with Crippen molar-refractivity contribution < 1.29 is 13.5 Å². The lowest BCUT2D eigenvalue weighted by Gasteiger charge is -2.34. The molecule has 2 aliphatic rings. The number of benzene rings is 1. The van der Waals surface area contributed by atoms with Crippen LogP contribution in [0.4, 0.5) is 26.1 Å². The monoisotopic (exact) mass is 466 g/mol. The summed E-state index contributed by atoms with van der Waals surface area (Å²) in [6.07, 6.45) is 4.97. The molecular weight excluding hydrogens is 438 g/mol. The van der Waals surface area contributed by atoms with E-state index in [4.69, 9.17) is 4.74 Å². The number of ether oxygens (including phenoxy) is 1. The Morgan fingerprint density at radius 1 is 1.09 bits per heavy atom. The van der Waals surface area contributed by atoms with Crippen LogP contribution in [-0.2, 0) is 0 Å². The highest BCUT2D eigenvalue weighted by Gasteiger charge is 2.25. The van der Waals surface area contributed by atoms with Crippen molar-refractivity contribution in [3.05, 3.63) is 54.0 Å². The van der Waals surface area contributed by atoms with Gasteiger partial charge in [-0.1, -0.05) is 0 Å². The molecule has 2 N–H and O–H groups in total. The van der Waals surface area contributed by atoms with E-state index in [0.29, 0.717) is 36.0 Å². The molecule has 178 valence electrons. The van der Waals surface area contributed by atoms with Gasteiger partial charge in [0.15, 0.2) is 17.4 Å². The molecule has 7 nitrogen and oxygen atoms in total. The maximum atomic E-state index is 14.9. The largest absolute Gasteiger partial charge is 0.486 e. The summed E-state index contributed by atoms with van der Waals surface area (Å²) in [6.45, 7) is 7.09. The van der Waals surface area contributed by atoms with Crippen molar-refractivity contribution >= 4 is 17.3 Å². The van der Waals surface area contributed by atoms with Gasteiger partial charge in [0.05, 0.1) is 30.3 Å². The zero-order chi connectivity index (χ0) is 23.7. The van der Waals surface area contributed by atoms with Crippen molar-refractivity contribution in [2.24, 2.45) is 0 Å². The summed E-state index contributed by atoms with van der Waals surface area (Å²) in [5.41, 5.74) is 2.71. The number of nitrogens with zero attached hydrogens (tertiary/aromatic N) is 4. The average Bonchev–Trinajstić information content (AvgIpc) is 2.86. The van der Waals surface area contributed by atoms with Gasteiger partial charge in [0, 0.05) is 23.2 Å². The highest BCUT2D eigenvalue weighted by molar-refractivity contribution is 5.73. The molecule has 34 heavy (non-hydrogen) atoms. The maximum absolute atomic E-state index is 14.9. The summed E-state index contributed by atoms with van der Waals surface area (Å²) >= 11 is 0. The van der Waals surface area contributed by atoms with Gasteiger partial charge in [-0.25, -0.2) is 18.7 Å². The van der Waals surface area contributed by atoms with Gasteiger partial charge in [0.2, 0.25) is 5.95 Å². The number of anilines is 3. The van der Waals surface area contributed by atoms with E-state index in [9.17, 15) is 8.78 Å². The summed E-state index contributed by atoms with van der Waals surface area (Å²) in [7, 11) is 0. The summed E-state index contributed by atoms with van der Waals surface area (Å²) in [5.74, 6) is -0.309. The number of fused-ring (bicyclic) bond motifs is 1. The van der Waals surface area contributed by atoms with Crippen LogP contribution in [0.15, 0.2) is 36.7 Å². The standard InChI is InChI=1S/C25H28F2N6O/c1-15(2)33-9-10-34-24-19(26)11-17(12-22(24)33)23-20(27)14-30-25(32-23)31-18-3-4-21(29-13-18)16-5-7-28-8-6-16/h3-4,11-16,28H,5-10H2,1-2H3,(H,30,31,32). The van der Waals surface area contributed by atoms with Crippen LogP contribution in [0.1, 0.15) is 38.3 Å². The van der Waals surface area contributed by atoms with Gasteiger partial charge in [0.1, 0.15) is 12.3 Å². The molecule has 9 heteroatoms. The fraction of sp³-hybridized carbons (Fsp3) is 0.400. The first-order valence-electron chi connectivity index (χ1n) is 11.7.